The molecule has 0 aliphatic rings. The summed E-state index contributed by atoms with van der Waals surface area (Å²) in [5, 5.41) is 3.02. The first-order valence-electron chi connectivity index (χ1n) is 8.84. The van der Waals surface area contributed by atoms with Crippen molar-refractivity contribution in [2.24, 2.45) is 0 Å². The Morgan fingerprint density at radius 3 is 2.15 bits per heavy atom. The molecule has 0 saturated carbocycles. The molecule has 3 aromatic rings. The van der Waals surface area contributed by atoms with Gasteiger partial charge in [0.15, 0.2) is 0 Å². The lowest BCUT2D eigenvalue weighted by molar-refractivity contribution is -0.117. The van der Waals surface area contributed by atoms with Crippen LogP contribution in [-0.4, -0.2) is 10.9 Å². The van der Waals surface area contributed by atoms with Crippen LogP contribution < -0.4 is 5.32 Å². The number of aromatic nitrogens is 1. The lowest BCUT2D eigenvalue weighted by Crippen LogP contribution is -2.19. The van der Waals surface area contributed by atoms with E-state index >= 15 is 0 Å². The molecular formula is C23H24N2O. The predicted octanol–water partition coefficient (Wildman–Crippen LogP) is 5.42. The Bertz CT molecular complexity index is 909. The van der Waals surface area contributed by atoms with Crippen molar-refractivity contribution in [1.29, 1.82) is 0 Å². The Morgan fingerprint density at radius 2 is 1.54 bits per heavy atom. The monoisotopic (exact) mass is 344 g/mol. The van der Waals surface area contributed by atoms with Gasteiger partial charge in [-0.25, -0.2) is 0 Å². The second kappa shape index (κ2) is 7.52. The maximum atomic E-state index is 12.6. The number of carbonyl (C=O) groups excluding carboxylic acids is 1. The summed E-state index contributed by atoms with van der Waals surface area (Å²) in [5.74, 6) is -0.196. The smallest absolute Gasteiger partial charge is 0.231 e. The van der Waals surface area contributed by atoms with Crippen LogP contribution in [0, 0.1) is 20.8 Å². The Morgan fingerprint density at radius 1 is 0.885 bits per heavy atom. The van der Waals surface area contributed by atoms with Gasteiger partial charge in [-0.2, -0.15) is 0 Å². The molecule has 1 unspecified atom stereocenters. The molecule has 2 aromatic carbocycles. The zero-order valence-corrected chi connectivity index (χ0v) is 15.7. The van der Waals surface area contributed by atoms with E-state index in [1.54, 1.807) is 0 Å². The predicted molar refractivity (Wildman–Crippen MR) is 107 cm³/mol. The van der Waals surface area contributed by atoms with Crippen molar-refractivity contribution in [2.45, 2.75) is 33.6 Å². The van der Waals surface area contributed by atoms with E-state index in [1.807, 2.05) is 50.4 Å². The number of amides is 1. The van der Waals surface area contributed by atoms with Crippen LogP contribution in [0.15, 0.2) is 60.8 Å². The van der Waals surface area contributed by atoms with Crippen LogP contribution in [0.4, 0.5) is 5.69 Å². The molecular weight excluding hydrogens is 320 g/mol. The summed E-state index contributed by atoms with van der Waals surface area (Å²) in [6.45, 7) is 8.03. The summed E-state index contributed by atoms with van der Waals surface area (Å²) >= 11 is 0. The molecule has 1 atom stereocenters. The second-order valence-corrected chi connectivity index (χ2v) is 6.90. The maximum absolute atomic E-state index is 12.6. The third kappa shape index (κ3) is 4.17. The summed E-state index contributed by atoms with van der Waals surface area (Å²) in [4.78, 5) is 16.8. The molecule has 26 heavy (non-hydrogen) atoms. The number of rotatable bonds is 4. The van der Waals surface area contributed by atoms with Gasteiger partial charge in [0, 0.05) is 17.6 Å². The molecule has 1 N–H and O–H groups in total. The SMILES string of the molecule is Cc1cc(C)cc(C(C)C(=O)Nc2ccc(-c3ccnc(C)c3)cc2)c1. The first-order valence-corrected chi connectivity index (χ1v) is 8.84. The van der Waals surface area contributed by atoms with Gasteiger partial charge in [-0.15, -0.1) is 0 Å². The van der Waals surface area contributed by atoms with Crippen molar-refractivity contribution in [1.82, 2.24) is 4.98 Å². The summed E-state index contributed by atoms with van der Waals surface area (Å²) in [6.07, 6.45) is 1.81. The van der Waals surface area contributed by atoms with Gasteiger partial charge in [-0.05, 0) is 68.7 Å². The number of pyridine rings is 1. The minimum absolute atomic E-state index is 0.00232. The molecule has 0 aliphatic carbocycles. The lowest BCUT2D eigenvalue weighted by Gasteiger charge is -2.14. The molecule has 0 fully saturated rings. The van der Waals surface area contributed by atoms with Gasteiger partial charge in [0.2, 0.25) is 5.91 Å². The van der Waals surface area contributed by atoms with Crippen LogP contribution in [0.25, 0.3) is 11.1 Å². The quantitative estimate of drug-likeness (QED) is 0.687. The van der Waals surface area contributed by atoms with Crippen molar-refractivity contribution in [2.75, 3.05) is 5.32 Å². The topological polar surface area (TPSA) is 42.0 Å². The van der Waals surface area contributed by atoms with E-state index in [2.05, 4.69) is 48.4 Å². The normalized spacial score (nSPS) is 11.8. The molecule has 3 nitrogen and oxygen atoms in total. The van der Waals surface area contributed by atoms with Crippen LogP contribution in [0.2, 0.25) is 0 Å². The highest BCUT2D eigenvalue weighted by atomic mass is 16.1. The molecule has 0 spiro atoms. The zero-order valence-electron chi connectivity index (χ0n) is 15.7. The van der Waals surface area contributed by atoms with E-state index < -0.39 is 0 Å². The van der Waals surface area contributed by atoms with Crippen LogP contribution in [0.5, 0.6) is 0 Å². The van der Waals surface area contributed by atoms with E-state index in [1.165, 1.54) is 11.1 Å². The van der Waals surface area contributed by atoms with Gasteiger partial charge < -0.3 is 5.32 Å². The molecule has 0 radical (unpaired) electrons. The van der Waals surface area contributed by atoms with E-state index in [-0.39, 0.29) is 11.8 Å². The van der Waals surface area contributed by atoms with Crippen molar-refractivity contribution < 1.29 is 4.79 Å². The lowest BCUT2D eigenvalue weighted by atomic mass is 9.96. The largest absolute Gasteiger partial charge is 0.326 e. The van der Waals surface area contributed by atoms with Crippen LogP contribution in [-0.2, 0) is 4.79 Å². The first kappa shape index (κ1) is 17.9. The fourth-order valence-electron chi connectivity index (χ4n) is 3.13. The van der Waals surface area contributed by atoms with Crippen molar-refractivity contribution in [3.63, 3.8) is 0 Å². The Hall–Kier alpha value is -2.94. The number of nitrogens with zero attached hydrogens (tertiary/aromatic N) is 1. The Kier molecular flexibility index (Phi) is 5.17. The minimum Gasteiger partial charge on any atom is -0.326 e. The third-order valence-corrected chi connectivity index (χ3v) is 4.52. The molecule has 1 heterocycles. The average molecular weight is 344 g/mol. The Balaban J connectivity index is 1.73. The number of aryl methyl sites for hydroxylation is 3. The van der Waals surface area contributed by atoms with Crippen molar-refractivity contribution in [3.8, 4) is 11.1 Å². The van der Waals surface area contributed by atoms with E-state index in [0.29, 0.717) is 0 Å². The van der Waals surface area contributed by atoms with E-state index in [0.717, 1.165) is 28.1 Å². The standard InChI is InChI=1S/C23H24N2O/c1-15-11-16(2)13-21(12-15)18(4)23(26)25-22-7-5-19(6-8-22)20-9-10-24-17(3)14-20/h5-14,18H,1-4H3,(H,25,26). The van der Waals surface area contributed by atoms with Crippen LogP contribution in [0.1, 0.15) is 35.2 Å². The van der Waals surface area contributed by atoms with Gasteiger partial charge in [0.1, 0.15) is 0 Å². The minimum atomic E-state index is -0.198. The molecule has 3 heteroatoms. The van der Waals surface area contributed by atoms with E-state index in [4.69, 9.17) is 0 Å². The highest BCUT2D eigenvalue weighted by molar-refractivity contribution is 5.95. The molecule has 1 amide bonds. The summed E-state index contributed by atoms with van der Waals surface area (Å²) in [6, 6.07) is 18.2. The second-order valence-electron chi connectivity index (χ2n) is 6.90. The third-order valence-electron chi connectivity index (χ3n) is 4.52. The molecule has 0 aliphatic heterocycles. The van der Waals surface area contributed by atoms with Gasteiger partial charge in [0.25, 0.3) is 0 Å². The molecule has 0 bridgehead atoms. The highest BCUT2D eigenvalue weighted by Crippen LogP contribution is 2.24. The van der Waals surface area contributed by atoms with Crippen molar-refractivity contribution >= 4 is 11.6 Å². The van der Waals surface area contributed by atoms with Crippen molar-refractivity contribution in [3.05, 3.63) is 83.2 Å². The zero-order chi connectivity index (χ0) is 18.7. The number of carbonyl (C=O) groups is 1. The number of anilines is 1. The van der Waals surface area contributed by atoms with Crippen LogP contribution in [0.3, 0.4) is 0 Å². The van der Waals surface area contributed by atoms with Gasteiger partial charge in [-0.1, -0.05) is 41.5 Å². The number of benzene rings is 2. The number of nitrogens with one attached hydrogen (secondary N) is 1. The summed E-state index contributed by atoms with van der Waals surface area (Å²) in [5.41, 5.74) is 7.43. The fraction of sp³-hybridized carbons (Fsp3) is 0.217. The first-order chi connectivity index (χ1) is 12.4. The van der Waals surface area contributed by atoms with Gasteiger partial charge in [-0.3, -0.25) is 9.78 Å². The van der Waals surface area contributed by atoms with Crippen LogP contribution >= 0.6 is 0 Å². The number of hydrogen-bond acceptors (Lipinski definition) is 2. The van der Waals surface area contributed by atoms with Gasteiger partial charge in [0.05, 0.1) is 5.92 Å². The summed E-state index contributed by atoms with van der Waals surface area (Å²) < 4.78 is 0. The Labute approximate surface area is 155 Å². The molecule has 0 saturated heterocycles. The van der Waals surface area contributed by atoms with E-state index in [9.17, 15) is 4.79 Å². The number of hydrogen-bond donors (Lipinski definition) is 1. The highest BCUT2D eigenvalue weighted by Gasteiger charge is 2.16. The fourth-order valence-corrected chi connectivity index (χ4v) is 3.13. The average Bonchev–Trinajstić information content (AvgIpc) is 2.61. The molecule has 3 rings (SSSR count). The molecule has 132 valence electrons. The molecule has 1 aromatic heterocycles. The van der Waals surface area contributed by atoms with Gasteiger partial charge >= 0.3 is 0 Å². The summed E-state index contributed by atoms with van der Waals surface area (Å²) in [7, 11) is 0. The maximum Gasteiger partial charge on any atom is 0.231 e.